The van der Waals surface area contributed by atoms with Crippen molar-refractivity contribution in [1.82, 2.24) is 9.55 Å². The minimum Gasteiger partial charge on any atom is -0.497 e. The molecule has 0 aliphatic carbocycles. The van der Waals surface area contributed by atoms with Crippen LogP contribution in [0.2, 0.25) is 0 Å². The van der Waals surface area contributed by atoms with Gasteiger partial charge >= 0.3 is 0 Å². The zero-order valence-electron chi connectivity index (χ0n) is 11.9. The number of nitrogens with two attached hydrogens (primary N) is 1. The van der Waals surface area contributed by atoms with Crippen molar-refractivity contribution in [1.29, 1.82) is 0 Å². The molecule has 5 heteroatoms. The van der Waals surface area contributed by atoms with Crippen molar-refractivity contribution in [2.24, 2.45) is 0 Å². The molecule has 3 rings (SSSR count). The van der Waals surface area contributed by atoms with Crippen LogP contribution in [0.15, 0.2) is 36.4 Å². The molecule has 2 N–H and O–H groups in total. The highest BCUT2D eigenvalue weighted by Crippen LogP contribution is 2.31. The molecule has 0 atom stereocenters. The van der Waals surface area contributed by atoms with Gasteiger partial charge in [-0.05, 0) is 31.2 Å². The number of hydrogen-bond acceptors (Lipinski definition) is 3. The first-order valence-electron chi connectivity index (χ1n) is 6.74. The number of benzene rings is 2. The summed E-state index contributed by atoms with van der Waals surface area (Å²) in [6.45, 7) is 2.73. The van der Waals surface area contributed by atoms with E-state index in [0.717, 1.165) is 16.8 Å². The standard InChI is InChI=1S/C16H16FN3O/c1-3-20-14-8-7-10(21-2)9-13(14)19-16(20)11-5-4-6-12(17)15(11)18/h4-9H,3,18H2,1-2H3. The fraction of sp³-hybridized carbons (Fsp3) is 0.188. The van der Waals surface area contributed by atoms with Crippen molar-refractivity contribution >= 4 is 16.7 Å². The van der Waals surface area contributed by atoms with Crippen molar-refractivity contribution < 1.29 is 9.13 Å². The molecule has 2 aromatic carbocycles. The van der Waals surface area contributed by atoms with E-state index in [2.05, 4.69) is 4.98 Å². The average molecular weight is 285 g/mol. The lowest BCUT2D eigenvalue weighted by Gasteiger charge is -2.09. The van der Waals surface area contributed by atoms with Crippen LogP contribution in [-0.4, -0.2) is 16.7 Å². The van der Waals surface area contributed by atoms with Gasteiger partial charge in [-0.1, -0.05) is 6.07 Å². The maximum atomic E-state index is 13.7. The van der Waals surface area contributed by atoms with E-state index in [-0.39, 0.29) is 5.69 Å². The Morgan fingerprint density at radius 2 is 2.10 bits per heavy atom. The number of nitrogen functional groups attached to an aromatic ring is 1. The predicted octanol–water partition coefficient (Wildman–Crippen LogP) is 3.45. The summed E-state index contributed by atoms with van der Waals surface area (Å²) in [6.07, 6.45) is 0. The van der Waals surface area contributed by atoms with Gasteiger partial charge in [0, 0.05) is 18.2 Å². The second-order valence-corrected chi connectivity index (χ2v) is 4.74. The zero-order chi connectivity index (χ0) is 15.0. The molecule has 1 aromatic heterocycles. The smallest absolute Gasteiger partial charge is 0.146 e. The van der Waals surface area contributed by atoms with Gasteiger partial charge in [0.1, 0.15) is 17.4 Å². The molecule has 0 saturated heterocycles. The third kappa shape index (κ3) is 2.11. The first kappa shape index (κ1) is 13.4. The van der Waals surface area contributed by atoms with Gasteiger partial charge in [0.2, 0.25) is 0 Å². The molecular formula is C16H16FN3O. The summed E-state index contributed by atoms with van der Waals surface area (Å²) < 4.78 is 20.9. The number of methoxy groups -OCH3 is 1. The number of aromatic nitrogens is 2. The van der Waals surface area contributed by atoms with Crippen LogP contribution in [0.4, 0.5) is 10.1 Å². The van der Waals surface area contributed by atoms with Gasteiger partial charge in [0.05, 0.1) is 23.8 Å². The molecule has 4 nitrogen and oxygen atoms in total. The molecule has 0 bridgehead atoms. The second-order valence-electron chi connectivity index (χ2n) is 4.74. The fourth-order valence-corrected chi connectivity index (χ4v) is 2.49. The minimum atomic E-state index is -0.431. The number of anilines is 1. The topological polar surface area (TPSA) is 53.1 Å². The maximum Gasteiger partial charge on any atom is 0.146 e. The normalized spacial score (nSPS) is 11.0. The molecular weight excluding hydrogens is 269 g/mol. The number of fused-ring (bicyclic) bond motifs is 1. The van der Waals surface area contributed by atoms with Gasteiger partial charge in [-0.2, -0.15) is 0 Å². The quantitative estimate of drug-likeness (QED) is 0.750. The van der Waals surface area contributed by atoms with Gasteiger partial charge < -0.3 is 15.0 Å². The van der Waals surface area contributed by atoms with Crippen LogP contribution < -0.4 is 10.5 Å². The molecule has 0 saturated carbocycles. The molecule has 0 radical (unpaired) electrons. The molecule has 0 aliphatic heterocycles. The van der Waals surface area contributed by atoms with Gasteiger partial charge in [-0.15, -0.1) is 0 Å². The SMILES string of the molecule is CCn1c(-c2cccc(F)c2N)nc2cc(OC)ccc21. The lowest BCUT2D eigenvalue weighted by molar-refractivity contribution is 0.415. The van der Waals surface area contributed by atoms with E-state index in [1.165, 1.54) is 6.07 Å². The highest BCUT2D eigenvalue weighted by molar-refractivity contribution is 5.84. The summed E-state index contributed by atoms with van der Waals surface area (Å²) in [5, 5.41) is 0. The van der Waals surface area contributed by atoms with E-state index in [1.807, 2.05) is 29.7 Å². The van der Waals surface area contributed by atoms with Crippen molar-refractivity contribution in [3.05, 3.63) is 42.2 Å². The van der Waals surface area contributed by atoms with Crippen molar-refractivity contribution in [3.8, 4) is 17.1 Å². The molecule has 0 unspecified atom stereocenters. The summed E-state index contributed by atoms with van der Waals surface area (Å²) in [4.78, 5) is 4.60. The van der Waals surface area contributed by atoms with Crippen LogP contribution in [0, 0.1) is 5.82 Å². The van der Waals surface area contributed by atoms with Crippen molar-refractivity contribution in [2.75, 3.05) is 12.8 Å². The number of para-hydroxylation sites is 1. The Balaban J connectivity index is 2.29. The zero-order valence-corrected chi connectivity index (χ0v) is 11.9. The number of nitrogens with zero attached hydrogens (tertiary/aromatic N) is 2. The van der Waals surface area contributed by atoms with E-state index in [9.17, 15) is 4.39 Å². The number of halogens is 1. The Kier molecular flexibility index (Phi) is 3.25. The Labute approximate surface area is 122 Å². The largest absolute Gasteiger partial charge is 0.497 e. The molecule has 0 spiro atoms. The Hall–Kier alpha value is -2.56. The Morgan fingerprint density at radius 3 is 2.81 bits per heavy atom. The van der Waals surface area contributed by atoms with E-state index >= 15 is 0 Å². The summed E-state index contributed by atoms with van der Waals surface area (Å²) in [5.41, 5.74) is 8.36. The Bertz CT molecular complexity index is 811. The highest BCUT2D eigenvalue weighted by Gasteiger charge is 2.15. The van der Waals surface area contributed by atoms with Crippen LogP contribution in [0.25, 0.3) is 22.4 Å². The third-order valence-corrected chi connectivity index (χ3v) is 3.57. The van der Waals surface area contributed by atoms with Crippen LogP contribution in [0.5, 0.6) is 5.75 Å². The minimum absolute atomic E-state index is 0.120. The van der Waals surface area contributed by atoms with Gasteiger partial charge in [-0.25, -0.2) is 9.37 Å². The lowest BCUT2D eigenvalue weighted by Crippen LogP contribution is -2.01. The maximum absolute atomic E-state index is 13.7. The predicted molar refractivity (Wildman–Crippen MR) is 81.8 cm³/mol. The van der Waals surface area contributed by atoms with E-state index < -0.39 is 5.82 Å². The monoisotopic (exact) mass is 285 g/mol. The summed E-state index contributed by atoms with van der Waals surface area (Å²) >= 11 is 0. The number of ether oxygens (including phenoxy) is 1. The van der Waals surface area contributed by atoms with Crippen LogP contribution in [0.3, 0.4) is 0 Å². The lowest BCUT2D eigenvalue weighted by atomic mass is 10.1. The summed E-state index contributed by atoms with van der Waals surface area (Å²) in [5.74, 6) is 0.972. The number of rotatable bonds is 3. The second kappa shape index (κ2) is 5.09. The molecule has 0 fully saturated rings. The van der Waals surface area contributed by atoms with E-state index in [4.69, 9.17) is 10.5 Å². The molecule has 0 amide bonds. The molecule has 3 aromatic rings. The highest BCUT2D eigenvalue weighted by atomic mass is 19.1. The number of hydrogen-bond donors (Lipinski definition) is 1. The van der Waals surface area contributed by atoms with E-state index in [1.54, 1.807) is 19.2 Å². The molecule has 21 heavy (non-hydrogen) atoms. The van der Waals surface area contributed by atoms with E-state index in [0.29, 0.717) is 17.9 Å². The first-order valence-corrected chi connectivity index (χ1v) is 6.74. The fourth-order valence-electron chi connectivity index (χ4n) is 2.49. The first-order chi connectivity index (χ1) is 10.2. The number of imidazole rings is 1. The molecule has 0 aliphatic rings. The summed E-state index contributed by atoms with van der Waals surface area (Å²) in [7, 11) is 1.61. The number of aryl methyl sites for hydroxylation is 1. The molecule has 108 valence electrons. The third-order valence-electron chi connectivity index (χ3n) is 3.57. The summed E-state index contributed by atoms with van der Waals surface area (Å²) in [6, 6.07) is 10.5. The van der Waals surface area contributed by atoms with Crippen LogP contribution in [0.1, 0.15) is 6.92 Å². The average Bonchev–Trinajstić information content (AvgIpc) is 2.87. The van der Waals surface area contributed by atoms with Gasteiger partial charge in [0.25, 0.3) is 0 Å². The molecule has 1 heterocycles. The van der Waals surface area contributed by atoms with Crippen molar-refractivity contribution in [3.63, 3.8) is 0 Å². The Morgan fingerprint density at radius 1 is 1.29 bits per heavy atom. The van der Waals surface area contributed by atoms with Crippen LogP contribution >= 0.6 is 0 Å². The van der Waals surface area contributed by atoms with Gasteiger partial charge in [-0.3, -0.25) is 0 Å². The van der Waals surface area contributed by atoms with Crippen molar-refractivity contribution in [2.45, 2.75) is 13.5 Å². The van der Waals surface area contributed by atoms with Gasteiger partial charge in [0.15, 0.2) is 0 Å². The van der Waals surface area contributed by atoms with Crippen LogP contribution in [-0.2, 0) is 6.54 Å².